The second-order valence-electron chi connectivity index (χ2n) is 3.33. The normalized spacial score (nSPS) is 11.1. The summed E-state index contributed by atoms with van der Waals surface area (Å²) in [4.78, 5) is 28.0. The zero-order valence-corrected chi connectivity index (χ0v) is 8.54. The van der Waals surface area contributed by atoms with Gasteiger partial charge in [0.05, 0.1) is 16.6 Å². The first-order valence-electron chi connectivity index (χ1n) is 4.70. The number of aliphatic carboxylic acids is 1. The second kappa shape index (κ2) is 4.09. The number of nitrogens with one attached hydrogen (secondary N) is 1. The molecular weight excluding hydrogens is 224 g/mol. The van der Waals surface area contributed by atoms with Crippen molar-refractivity contribution in [2.75, 3.05) is 0 Å². The maximum absolute atomic E-state index is 10.7. The first-order valence-corrected chi connectivity index (χ1v) is 4.70. The van der Waals surface area contributed by atoms with Gasteiger partial charge in [-0.3, -0.25) is 0 Å². The van der Waals surface area contributed by atoms with E-state index in [9.17, 15) is 9.59 Å². The molecular formula is C11H8N2O4. The Bertz CT molecular complexity index is 627. The van der Waals surface area contributed by atoms with E-state index < -0.39 is 11.9 Å². The molecule has 0 aliphatic rings. The molecule has 0 saturated heterocycles. The fourth-order valence-electron chi connectivity index (χ4n) is 1.39. The summed E-state index contributed by atoms with van der Waals surface area (Å²) < 4.78 is 0. The van der Waals surface area contributed by atoms with Crippen LogP contribution in [0.25, 0.3) is 17.1 Å². The number of aromatic amines is 1. The van der Waals surface area contributed by atoms with E-state index in [0.29, 0.717) is 16.9 Å². The van der Waals surface area contributed by atoms with Crippen molar-refractivity contribution in [2.45, 2.75) is 0 Å². The van der Waals surface area contributed by atoms with Crippen molar-refractivity contribution in [1.29, 1.82) is 0 Å². The first kappa shape index (κ1) is 10.9. The fraction of sp³-hybridized carbons (Fsp3) is 0. The Balaban J connectivity index is 2.43. The molecule has 6 nitrogen and oxygen atoms in total. The third-order valence-electron chi connectivity index (χ3n) is 2.13. The van der Waals surface area contributed by atoms with E-state index in [1.165, 1.54) is 18.2 Å². The molecule has 0 fully saturated rings. The summed E-state index contributed by atoms with van der Waals surface area (Å²) in [6.07, 6.45) is 2.26. The van der Waals surface area contributed by atoms with Crippen LogP contribution < -0.4 is 0 Å². The number of aromatic carboxylic acids is 1. The smallest absolute Gasteiger partial charge is 0.335 e. The standard InChI is InChI=1S/C11H8N2O4/c14-10(15)4-3-9-12-7-2-1-6(11(16)17)5-8(7)13-9/h1-5H,(H,12,13)(H,14,15)(H,16,17)/b4-3+. The van der Waals surface area contributed by atoms with Crippen molar-refractivity contribution in [2.24, 2.45) is 0 Å². The molecule has 0 unspecified atom stereocenters. The number of aromatic nitrogens is 2. The van der Waals surface area contributed by atoms with E-state index >= 15 is 0 Å². The van der Waals surface area contributed by atoms with Crippen LogP contribution in [-0.4, -0.2) is 32.1 Å². The molecule has 86 valence electrons. The number of hydrogen-bond donors (Lipinski definition) is 3. The number of carboxylic acid groups (broad SMARTS) is 2. The highest BCUT2D eigenvalue weighted by molar-refractivity contribution is 5.92. The van der Waals surface area contributed by atoms with Crippen LogP contribution in [0, 0.1) is 0 Å². The third kappa shape index (κ3) is 2.31. The summed E-state index contributed by atoms with van der Waals surface area (Å²) in [5.41, 5.74) is 1.28. The van der Waals surface area contributed by atoms with E-state index in [4.69, 9.17) is 10.2 Å². The van der Waals surface area contributed by atoms with Crippen LogP contribution >= 0.6 is 0 Å². The fourth-order valence-corrected chi connectivity index (χ4v) is 1.39. The molecule has 2 rings (SSSR count). The molecule has 17 heavy (non-hydrogen) atoms. The average molecular weight is 232 g/mol. The summed E-state index contributed by atoms with van der Waals surface area (Å²) in [7, 11) is 0. The van der Waals surface area contributed by atoms with Crippen molar-refractivity contribution in [3.8, 4) is 0 Å². The zero-order chi connectivity index (χ0) is 12.4. The molecule has 0 aliphatic heterocycles. The highest BCUT2D eigenvalue weighted by atomic mass is 16.4. The van der Waals surface area contributed by atoms with Gasteiger partial charge in [0, 0.05) is 6.08 Å². The second-order valence-corrected chi connectivity index (χ2v) is 3.33. The molecule has 0 aliphatic carbocycles. The van der Waals surface area contributed by atoms with Gasteiger partial charge in [-0.2, -0.15) is 0 Å². The minimum Gasteiger partial charge on any atom is -0.478 e. The molecule has 0 bridgehead atoms. The predicted molar refractivity (Wildman–Crippen MR) is 59.7 cm³/mol. The first-order chi connectivity index (χ1) is 8.06. The van der Waals surface area contributed by atoms with Gasteiger partial charge in [0.1, 0.15) is 5.82 Å². The molecule has 0 atom stereocenters. The van der Waals surface area contributed by atoms with Gasteiger partial charge in [-0.1, -0.05) is 0 Å². The minimum atomic E-state index is -1.07. The number of hydrogen-bond acceptors (Lipinski definition) is 3. The lowest BCUT2D eigenvalue weighted by Gasteiger charge is -1.92. The van der Waals surface area contributed by atoms with E-state index in [1.807, 2.05) is 0 Å². The van der Waals surface area contributed by atoms with Crippen LogP contribution in [0.5, 0.6) is 0 Å². The molecule has 1 aromatic carbocycles. The summed E-state index contributed by atoms with van der Waals surface area (Å²) in [5, 5.41) is 17.3. The van der Waals surface area contributed by atoms with Crippen LogP contribution in [0.1, 0.15) is 16.2 Å². The Morgan fingerprint density at radius 2 is 2.06 bits per heavy atom. The van der Waals surface area contributed by atoms with Gasteiger partial charge in [0.2, 0.25) is 0 Å². The number of carbonyl (C=O) groups is 2. The summed E-state index contributed by atoms with van der Waals surface area (Å²) in [5.74, 6) is -1.73. The monoisotopic (exact) mass is 232 g/mol. The van der Waals surface area contributed by atoms with Gasteiger partial charge in [0.25, 0.3) is 0 Å². The Labute approximate surface area is 95.2 Å². The van der Waals surface area contributed by atoms with Crippen LogP contribution in [0.15, 0.2) is 24.3 Å². The maximum atomic E-state index is 10.7. The van der Waals surface area contributed by atoms with Crippen molar-refractivity contribution in [1.82, 2.24) is 9.97 Å². The Kier molecular flexibility index (Phi) is 2.61. The molecule has 1 heterocycles. The maximum Gasteiger partial charge on any atom is 0.335 e. The van der Waals surface area contributed by atoms with E-state index in [1.54, 1.807) is 6.07 Å². The number of carboxylic acids is 2. The number of imidazole rings is 1. The van der Waals surface area contributed by atoms with Gasteiger partial charge < -0.3 is 15.2 Å². The van der Waals surface area contributed by atoms with Crippen molar-refractivity contribution >= 4 is 29.0 Å². The lowest BCUT2D eigenvalue weighted by atomic mass is 10.2. The summed E-state index contributed by atoms with van der Waals surface area (Å²) >= 11 is 0. The quantitative estimate of drug-likeness (QED) is 0.693. The number of benzene rings is 1. The molecule has 2 aromatic rings. The highest BCUT2D eigenvalue weighted by Crippen LogP contribution is 2.14. The SMILES string of the molecule is O=C(O)/C=C/c1nc2ccc(C(=O)O)cc2[nH]1. The molecule has 0 saturated carbocycles. The van der Waals surface area contributed by atoms with Crippen LogP contribution in [-0.2, 0) is 4.79 Å². The van der Waals surface area contributed by atoms with Gasteiger partial charge >= 0.3 is 11.9 Å². The Morgan fingerprint density at radius 3 is 2.71 bits per heavy atom. The largest absolute Gasteiger partial charge is 0.478 e. The van der Waals surface area contributed by atoms with Crippen molar-refractivity contribution in [3.63, 3.8) is 0 Å². The number of fused-ring (bicyclic) bond motifs is 1. The number of nitrogens with zero attached hydrogens (tertiary/aromatic N) is 1. The highest BCUT2D eigenvalue weighted by Gasteiger charge is 2.06. The van der Waals surface area contributed by atoms with E-state index in [-0.39, 0.29) is 5.56 Å². The van der Waals surface area contributed by atoms with Crippen LogP contribution in [0.2, 0.25) is 0 Å². The van der Waals surface area contributed by atoms with Gasteiger partial charge in [-0.05, 0) is 24.3 Å². The molecule has 0 radical (unpaired) electrons. The van der Waals surface area contributed by atoms with Crippen LogP contribution in [0.3, 0.4) is 0 Å². The minimum absolute atomic E-state index is 0.148. The lowest BCUT2D eigenvalue weighted by Crippen LogP contribution is -1.94. The average Bonchev–Trinajstić information content (AvgIpc) is 2.67. The predicted octanol–water partition coefficient (Wildman–Crippen LogP) is 1.36. The molecule has 1 aromatic heterocycles. The molecule has 3 N–H and O–H groups in total. The summed E-state index contributed by atoms with van der Waals surface area (Å²) in [6.45, 7) is 0. The lowest BCUT2D eigenvalue weighted by molar-refractivity contribution is -0.131. The number of rotatable bonds is 3. The number of H-pyrrole nitrogens is 1. The van der Waals surface area contributed by atoms with Crippen molar-refractivity contribution < 1.29 is 19.8 Å². The third-order valence-corrected chi connectivity index (χ3v) is 2.13. The van der Waals surface area contributed by atoms with Crippen LogP contribution in [0.4, 0.5) is 0 Å². The Morgan fingerprint density at radius 1 is 1.29 bits per heavy atom. The molecule has 0 amide bonds. The van der Waals surface area contributed by atoms with Gasteiger partial charge in [-0.15, -0.1) is 0 Å². The van der Waals surface area contributed by atoms with Crippen molar-refractivity contribution in [3.05, 3.63) is 35.7 Å². The van der Waals surface area contributed by atoms with E-state index in [0.717, 1.165) is 6.08 Å². The molecule has 6 heteroatoms. The topological polar surface area (TPSA) is 103 Å². The summed E-state index contributed by atoms with van der Waals surface area (Å²) in [6, 6.07) is 4.45. The van der Waals surface area contributed by atoms with Gasteiger partial charge in [0.15, 0.2) is 0 Å². The van der Waals surface area contributed by atoms with E-state index in [2.05, 4.69) is 9.97 Å². The Hall–Kier alpha value is -2.63. The molecule has 0 spiro atoms. The van der Waals surface area contributed by atoms with Gasteiger partial charge in [-0.25, -0.2) is 14.6 Å². The zero-order valence-electron chi connectivity index (χ0n) is 8.54.